The van der Waals surface area contributed by atoms with Gasteiger partial charge in [0.05, 0.1) is 5.60 Å². The van der Waals surface area contributed by atoms with Crippen molar-refractivity contribution in [3.05, 3.63) is 29.8 Å². The van der Waals surface area contributed by atoms with Crippen LogP contribution in [0, 0.1) is 6.92 Å². The molecule has 0 radical (unpaired) electrons. The van der Waals surface area contributed by atoms with Crippen LogP contribution in [-0.4, -0.2) is 41.2 Å². The number of piperidine rings is 1. The summed E-state index contributed by atoms with van der Waals surface area (Å²) >= 11 is 0. The Kier molecular flexibility index (Phi) is 4.10. The van der Waals surface area contributed by atoms with Crippen molar-refractivity contribution in [2.24, 2.45) is 0 Å². The Morgan fingerprint density at radius 3 is 2.63 bits per heavy atom. The molecule has 0 aliphatic carbocycles. The number of aryl methyl sites for hydroxylation is 1. The van der Waals surface area contributed by atoms with Crippen molar-refractivity contribution in [2.75, 3.05) is 19.7 Å². The van der Waals surface area contributed by atoms with Crippen LogP contribution in [0.2, 0.25) is 0 Å². The number of nitrogens with zero attached hydrogens (tertiary/aromatic N) is 1. The van der Waals surface area contributed by atoms with Crippen molar-refractivity contribution in [1.29, 1.82) is 0 Å². The molecule has 0 saturated carbocycles. The van der Waals surface area contributed by atoms with Gasteiger partial charge in [-0.2, -0.15) is 0 Å². The molecule has 2 rings (SSSR count). The van der Waals surface area contributed by atoms with Crippen LogP contribution in [0.1, 0.15) is 25.3 Å². The van der Waals surface area contributed by atoms with E-state index in [0.717, 1.165) is 11.3 Å². The van der Waals surface area contributed by atoms with Gasteiger partial charge in [0.25, 0.3) is 5.91 Å². The van der Waals surface area contributed by atoms with E-state index >= 15 is 0 Å². The Balaban J connectivity index is 1.84. The molecule has 0 bridgehead atoms. The van der Waals surface area contributed by atoms with Gasteiger partial charge in [-0.3, -0.25) is 4.79 Å². The van der Waals surface area contributed by atoms with Crippen LogP contribution in [0.4, 0.5) is 0 Å². The predicted octanol–water partition coefficient (Wildman–Crippen LogP) is 1.75. The number of benzene rings is 1. The molecule has 0 atom stereocenters. The molecule has 4 heteroatoms. The third kappa shape index (κ3) is 3.70. The first-order chi connectivity index (χ1) is 8.98. The molecule has 0 unspecified atom stereocenters. The third-order valence-corrected chi connectivity index (χ3v) is 3.64. The average molecular weight is 263 g/mol. The highest BCUT2D eigenvalue weighted by Crippen LogP contribution is 2.21. The summed E-state index contributed by atoms with van der Waals surface area (Å²) < 4.78 is 5.55. The summed E-state index contributed by atoms with van der Waals surface area (Å²) in [7, 11) is 0. The van der Waals surface area contributed by atoms with Crippen LogP contribution in [0.3, 0.4) is 0 Å². The number of aliphatic hydroxyl groups is 1. The van der Waals surface area contributed by atoms with Gasteiger partial charge in [0.2, 0.25) is 0 Å². The topological polar surface area (TPSA) is 49.8 Å². The third-order valence-electron chi connectivity index (χ3n) is 3.64. The zero-order chi connectivity index (χ0) is 13.9. The normalized spacial score (nSPS) is 18.2. The van der Waals surface area contributed by atoms with E-state index in [4.69, 9.17) is 4.74 Å². The molecule has 0 spiro atoms. The number of hydrogen-bond donors (Lipinski definition) is 1. The molecule has 1 aliphatic heterocycles. The molecule has 1 aliphatic rings. The van der Waals surface area contributed by atoms with E-state index in [0.29, 0.717) is 25.9 Å². The van der Waals surface area contributed by atoms with Crippen molar-refractivity contribution >= 4 is 5.91 Å². The number of carbonyl (C=O) groups excluding carboxylic acids is 1. The van der Waals surface area contributed by atoms with Crippen molar-refractivity contribution in [2.45, 2.75) is 32.3 Å². The maximum absolute atomic E-state index is 12.0. The fourth-order valence-corrected chi connectivity index (χ4v) is 2.19. The van der Waals surface area contributed by atoms with Crippen LogP contribution in [0.5, 0.6) is 5.75 Å². The fraction of sp³-hybridized carbons (Fsp3) is 0.533. The lowest BCUT2D eigenvalue weighted by Gasteiger charge is -2.35. The lowest BCUT2D eigenvalue weighted by Crippen LogP contribution is -2.46. The summed E-state index contributed by atoms with van der Waals surface area (Å²) in [4.78, 5) is 13.8. The first-order valence-corrected chi connectivity index (χ1v) is 6.66. The zero-order valence-electron chi connectivity index (χ0n) is 11.6. The summed E-state index contributed by atoms with van der Waals surface area (Å²) in [6.45, 7) is 5.04. The molecule has 1 amide bonds. The largest absolute Gasteiger partial charge is 0.484 e. The van der Waals surface area contributed by atoms with Gasteiger partial charge in [-0.05, 0) is 38.3 Å². The van der Waals surface area contributed by atoms with Crippen LogP contribution >= 0.6 is 0 Å². The standard InChI is InChI=1S/C15H21NO3/c1-12-5-3-4-6-13(12)19-11-14(17)16-9-7-15(2,18)8-10-16/h3-6,18H,7-11H2,1-2H3. The minimum atomic E-state index is -0.631. The van der Waals surface area contributed by atoms with Crippen LogP contribution in [-0.2, 0) is 4.79 Å². The Morgan fingerprint density at radius 2 is 2.00 bits per heavy atom. The number of rotatable bonds is 3. The summed E-state index contributed by atoms with van der Waals surface area (Å²) in [6.07, 6.45) is 1.26. The van der Waals surface area contributed by atoms with E-state index in [9.17, 15) is 9.90 Å². The van der Waals surface area contributed by atoms with Gasteiger partial charge in [-0.25, -0.2) is 0 Å². The first kappa shape index (κ1) is 13.9. The number of carbonyl (C=O) groups is 1. The molecule has 1 heterocycles. The molecular weight excluding hydrogens is 242 g/mol. The van der Waals surface area contributed by atoms with Gasteiger partial charge in [0, 0.05) is 13.1 Å². The van der Waals surface area contributed by atoms with Gasteiger partial charge < -0.3 is 14.7 Å². The summed E-state index contributed by atoms with van der Waals surface area (Å²) in [5.74, 6) is 0.735. The second kappa shape index (κ2) is 5.61. The van der Waals surface area contributed by atoms with Gasteiger partial charge in [0.1, 0.15) is 5.75 Å². The number of hydrogen-bond acceptors (Lipinski definition) is 3. The van der Waals surface area contributed by atoms with Crippen molar-refractivity contribution in [3.63, 3.8) is 0 Å². The quantitative estimate of drug-likeness (QED) is 0.904. The van der Waals surface area contributed by atoms with Gasteiger partial charge >= 0.3 is 0 Å². The Bertz CT molecular complexity index is 446. The molecule has 104 valence electrons. The number of likely N-dealkylation sites (tertiary alicyclic amines) is 1. The van der Waals surface area contributed by atoms with E-state index in [1.165, 1.54) is 0 Å². The fourth-order valence-electron chi connectivity index (χ4n) is 2.19. The highest BCUT2D eigenvalue weighted by atomic mass is 16.5. The first-order valence-electron chi connectivity index (χ1n) is 6.66. The van der Waals surface area contributed by atoms with Crippen LogP contribution < -0.4 is 4.74 Å². The molecule has 1 aromatic rings. The Hall–Kier alpha value is -1.55. The van der Waals surface area contributed by atoms with Gasteiger partial charge in [-0.1, -0.05) is 18.2 Å². The molecule has 4 nitrogen and oxygen atoms in total. The summed E-state index contributed by atoms with van der Waals surface area (Å²) in [6, 6.07) is 7.66. The predicted molar refractivity (Wildman–Crippen MR) is 73.1 cm³/mol. The maximum atomic E-state index is 12.0. The SMILES string of the molecule is Cc1ccccc1OCC(=O)N1CCC(C)(O)CC1. The minimum Gasteiger partial charge on any atom is -0.484 e. The maximum Gasteiger partial charge on any atom is 0.260 e. The Labute approximate surface area is 114 Å². The van der Waals surface area contributed by atoms with E-state index in [1.54, 1.807) is 4.90 Å². The summed E-state index contributed by atoms with van der Waals surface area (Å²) in [5, 5.41) is 9.85. The minimum absolute atomic E-state index is 0.0150. The lowest BCUT2D eigenvalue weighted by atomic mass is 9.94. The van der Waals surface area contributed by atoms with Crippen LogP contribution in [0.25, 0.3) is 0 Å². The highest BCUT2D eigenvalue weighted by molar-refractivity contribution is 5.77. The zero-order valence-corrected chi connectivity index (χ0v) is 11.6. The van der Waals surface area contributed by atoms with Crippen molar-refractivity contribution in [3.8, 4) is 5.75 Å². The van der Waals surface area contributed by atoms with Gasteiger partial charge in [-0.15, -0.1) is 0 Å². The van der Waals surface area contributed by atoms with Crippen LogP contribution in [0.15, 0.2) is 24.3 Å². The number of ether oxygens (including phenoxy) is 1. The van der Waals surface area contributed by atoms with E-state index in [-0.39, 0.29) is 12.5 Å². The number of para-hydroxylation sites is 1. The smallest absolute Gasteiger partial charge is 0.260 e. The highest BCUT2D eigenvalue weighted by Gasteiger charge is 2.29. The molecular formula is C15H21NO3. The molecule has 19 heavy (non-hydrogen) atoms. The monoisotopic (exact) mass is 263 g/mol. The molecule has 1 aromatic carbocycles. The van der Waals surface area contributed by atoms with E-state index in [1.807, 2.05) is 38.1 Å². The average Bonchev–Trinajstić information content (AvgIpc) is 2.37. The molecule has 1 N–H and O–H groups in total. The lowest BCUT2D eigenvalue weighted by molar-refractivity contribution is -0.137. The van der Waals surface area contributed by atoms with E-state index in [2.05, 4.69) is 0 Å². The Morgan fingerprint density at radius 1 is 1.37 bits per heavy atom. The van der Waals surface area contributed by atoms with E-state index < -0.39 is 5.60 Å². The summed E-state index contributed by atoms with van der Waals surface area (Å²) in [5.41, 5.74) is 0.394. The molecule has 1 saturated heterocycles. The molecule has 1 fully saturated rings. The van der Waals surface area contributed by atoms with Crippen molar-refractivity contribution in [1.82, 2.24) is 4.90 Å². The number of amides is 1. The second-order valence-corrected chi connectivity index (χ2v) is 5.43. The van der Waals surface area contributed by atoms with Crippen molar-refractivity contribution < 1.29 is 14.6 Å². The van der Waals surface area contributed by atoms with Gasteiger partial charge in [0.15, 0.2) is 6.61 Å². The second-order valence-electron chi connectivity index (χ2n) is 5.43. The molecule has 0 aromatic heterocycles.